The number of esters is 1. The van der Waals surface area contributed by atoms with Crippen LogP contribution in [-0.4, -0.2) is 58.5 Å². The predicted molar refractivity (Wildman–Crippen MR) is 150 cm³/mol. The van der Waals surface area contributed by atoms with Gasteiger partial charge < -0.3 is 19.3 Å². The van der Waals surface area contributed by atoms with Crippen LogP contribution in [0.15, 0.2) is 48.1 Å². The molecule has 3 fully saturated rings. The number of hydrogen-bond acceptors (Lipinski definition) is 7. The molecule has 0 radical (unpaired) electrons. The number of fused-ring (bicyclic) bond motifs is 2. The van der Waals surface area contributed by atoms with Gasteiger partial charge in [0.05, 0.1) is 17.8 Å². The van der Waals surface area contributed by atoms with Gasteiger partial charge in [0.2, 0.25) is 5.78 Å². The number of ketones is 2. The summed E-state index contributed by atoms with van der Waals surface area (Å²) in [5.41, 5.74) is -3.93. The number of aliphatic hydroxyl groups is 1. The molecule has 4 aliphatic rings. The van der Waals surface area contributed by atoms with Gasteiger partial charge >= 0.3 is 5.97 Å². The number of carbonyl (C=O) groups is 3. The Morgan fingerprint density at radius 1 is 1.22 bits per heavy atom. The number of benzene rings is 1. The van der Waals surface area contributed by atoms with Gasteiger partial charge in [-0.25, -0.2) is 9.18 Å². The van der Waals surface area contributed by atoms with Gasteiger partial charge in [0, 0.05) is 10.8 Å². The lowest BCUT2D eigenvalue weighted by Gasteiger charge is -2.52. The molecule has 1 N–H and O–H groups in total. The van der Waals surface area contributed by atoms with Crippen LogP contribution in [0.3, 0.4) is 0 Å². The molecular formula is C33H41FO7. The van der Waals surface area contributed by atoms with E-state index in [-0.39, 0.29) is 24.5 Å². The van der Waals surface area contributed by atoms with Gasteiger partial charge in [0.1, 0.15) is 5.67 Å². The van der Waals surface area contributed by atoms with Crippen molar-refractivity contribution in [3.8, 4) is 0 Å². The summed E-state index contributed by atoms with van der Waals surface area (Å²) in [6.45, 7) is 10.3. The van der Waals surface area contributed by atoms with Gasteiger partial charge in [0.25, 0.3) is 0 Å². The van der Waals surface area contributed by atoms with Crippen molar-refractivity contribution in [1.29, 1.82) is 0 Å². The lowest BCUT2D eigenvalue weighted by molar-refractivity contribution is -0.210. The third-order valence-electron chi connectivity index (χ3n) is 10.4. The van der Waals surface area contributed by atoms with E-state index in [4.69, 9.17) is 14.2 Å². The number of ether oxygens (including phenoxy) is 3. The standard InChI is InChI=1S/C33H41FO7/c1-20-9-7-10-22(15-20)28(38)39-19-26(37)33-27(40-29(3,4)41-33)16-21(2)31(33,6)18-25(36)32(34)13-8-11-23-17-24(35)12-14-30(23,32)5/h7,9-10,12,14-15,17,21,25,27,36H,8,11,13,16,18-19H2,1-6H3/t21-,25+,27-,30+,31+,32+,33-/m1/s1. The summed E-state index contributed by atoms with van der Waals surface area (Å²) in [5.74, 6) is -2.58. The van der Waals surface area contributed by atoms with E-state index in [1.807, 2.05) is 26.8 Å². The van der Waals surface area contributed by atoms with E-state index >= 15 is 4.39 Å². The first-order valence-corrected chi connectivity index (χ1v) is 14.5. The van der Waals surface area contributed by atoms with Crippen LogP contribution < -0.4 is 0 Å². The van der Waals surface area contributed by atoms with Gasteiger partial charge in [0.15, 0.2) is 23.8 Å². The molecule has 0 aromatic heterocycles. The maximum absolute atomic E-state index is 17.2. The van der Waals surface area contributed by atoms with Gasteiger partial charge in [-0.1, -0.05) is 43.2 Å². The number of carbonyl (C=O) groups excluding carboxylic acids is 3. The van der Waals surface area contributed by atoms with Gasteiger partial charge in [-0.3, -0.25) is 9.59 Å². The molecule has 0 amide bonds. The topological polar surface area (TPSA) is 99.1 Å². The first-order valence-electron chi connectivity index (χ1n) is 14.5. The summed E-state index contributed by atoms with van der Waals surface area (Å²) >= 11 is 0. The van der Waals surface area contributed by atoms with Crippen LogP contribution in [0.5, 0.6) is 0 Å². The lowest BCUT2D eigenvalue weighted by atomic mass is 9.56. The zero-order valence-electron chi connectivity index (χ0n) is 24.8. The molecule has 5 rings (SSSR count). The van der Waals surface area contributed by atoms with Gasteiger partial charge in [-0.15, -0.1) is 0 Å². The lowest BCUT2D eigenvalue weighted by Crippen LogP contribution is -2.61. The minimum atomic E-state index is -2.06. The average Bonchev–Trinajstić information content (AvgIpc) is 3.28. The van der Waals surface area contributed by atoms with E-state index in [9.17, 15) is 19.5 Å². The van der Waals surface area contributed by atoms with Crippen LogP contribution in [0.2, 0.25) is 0 Å². The highest BCUT2D eigenvalue weighted by Crippen LogP contribution is 2.63. The summed E-state index contributed by atoms with van der Waals surface area (Å²) in [4.78, 5) is 39.0. The molecule has 1 aliphatic heterocycles. The van der Waals surface area contributed by atoms with E-state index in [2.05, 4.69) is 0 Å². The normalized spacial score (nSPS) is 38.1. The molecule has 8 heteroatoms. The second-order valence-electron chi connectivity index (χ2n) is 13.3. The number of aliphatic hydroxyl groups excluding tert-OH is 1. The minimum absolute atomic E-state index is 0.0805. The zero-order chi connectivity index (χ0) is 30.0. The van der Waals surface area contributed by atoms with Crippen LogP contribution in [-0.2, 0) is 23.8 Å². The van der Waals surface area contributed by atoms with Crippen LogP contribution in [0.25, 0.3) is 0 Å². The fourth-order valence-electron chi connectivity index (χ4n) is 7.89. The molecule has 0 unspecified atom stereocenters. The first-order chi connectivity index (χ1) is 19.1. The van der Waals surface area contributed by atoms with Crippen molar-refractivity contribution in [2.45, 2.75) is 103 Å². The number of rotatable bonds is 7. The van der Waals surface area contributed by atoms with Crippen molar-refractivity contribution in [1.82, 2.24) is 0 Å². The molecule has 1 saturated heterocycles. The zero-order valence-corrected chi connectivity index (χ0v) is 24.8. The van der Waals surface area contributed by atoms with Crippen molar-refractivity contribution in [2.24, 2.45) is 16.7 Å². The summed E-state index contributed by atoms with van der Waals surface area (Å²) in [6.07, 6.45) is 3.89. The Bertz CT molecular complexity index is 1330. The number of alkyl halides is 1. The molecular weight excluding hydrogens is 527 g/mol. The first kappa shape index (κ1) is 29.8. The van der Waals surface area contributed by atoms with Crippen molar-refractivity contribution in [2.75, 3.05) is 6.61 Å². The maximum atomic E-state index is 17.2. The molecule has 1 heterocycles. The highest BCUT2D eigenvalue weighted by Gasteiger charge is 2.73. The minimum Gasteiger partial charge on any atom is -0.454 e. The third-order valence-corrected chi connectivity index (χ3v) is 10.4. The molecule has 0 spiro atoms. The molecule has 222 valence electrons. The largest absolute Gasteiger partial charge is 0.454 e. The SMILES string of the molecule is Cc1cccc(C(=O)OCC(=O)[C@@]23OC(C)(C)O[C@@H]2C[C@@H](C)[C@]3(C)C[C@H](O)[C@@]2(F)CCCC3=CC(=O)C=C[C@@]32C)c1. The predicted octanol–water partition coefficient (Wildman–Crippen LogP) is 5.37. The van der Waals surface area contributed by atoms with Gasteiger partial charge in [-0.05, 0) is 90.0 Å². The number of allylic oxidation sites excluding steroid dienone is 4. The Morgan fingerprint density at radius 3 is 2.66 bits per heavy atom. The molecule has 1 aromatic rings. The van der Waals surface area contributed by atoms with Crippen molar-refractivity contribution < 1.29 is 38.1 Å². The van der Waals surface area contributed by atoms with E-state index in [1.165, 1.54) is 12.2 Å². The average molecular weight is 569 g/mol. The molecule has 41 heavy (non-hydrogen) atoms. The Balaban J connectivity index is 1.46. The second-order valence-corrected chi connectivity index (χ2v) is 13.3. The Labute approximate surface area is 241 Å². The molecule has 7 atom stereocenters. The van der Waals surface area contributed by atoms with Crippen molar-refractivity contribution in [3.05, 3.63) is 59.2 Å². The molecule has 1 aromatic carbocycles. The van der Waals surface area contributed by atoms with E-state index in [0.29, 0.717) is 30.4 Å². The molecule has 0 bridgehead atoms. The van der Waals surface area contributed by atoms with Crippen LogP contribution in [0, 0.1) is 23.7 Å². The van der Waals surface area contributed by atoms with E-state index in [0.717, 1.165) is 5.56 Å². The van der Waals surface area contributed by atoms with E-state index in [1.54, 1.807) is 45.0 Å². The summed E-state index contributed by atoms with van der Waals surface area (Å²) in [5, 5.41) is 11.8. The maximum Gasteiger partial charge on any atom is 0.338 e. The number of Topliss-reactive ketones (excluding diaryl/α,β-unsaturated/α-hetero) is 1. The molecule has 2 saturated carbocycles. The fraction of sp³-hybridized carbons (Fsp3) is 0.606. The van der Waals surface area contributed by atoms with Crippen molar-refractivity contribution >= 4 is 17.5 Å². The third kappa shape index (κ3) is 4.54. The number of halogens is 1. The van der Waals surface area contributed by atoms with Crippen LogP contribution >= 0.6 is 0 Å². The highest BCUT2D eigenvalue weighted by molar-refractivity contribution is 6.01. The van der Waals surface area contributed by atoms with Crippen LogP contribution in [0.1, 0.15) is 82.6 Å². The Kier molecular flexibility index (Phi) is 7.24. The quantitative estimate of drug-likeness (QED) is 0.442. The number of hydrogen-bond donors (Lipinski definition) is 1. The Hall–Kier alpha value is -2.68. The number of aryl methyl sites for hydroxylation is 1. The van der Waals surface area contributed by atoms with Crippen LogP contribution in [0.4, 0.5) is 4.39 Å². The summed E-state index contributed by atoms with van der Waals surface area (Å²) in [7, 11) is 0. The fourth-order valence-corrected chi connectivity index (χ4v) is 7.89. The van der Waals surface area contributed by atoms with Gasteiger partial charge in [-0.2, -0.15) is 0 Å². The summed E-state index contributed by atoms with van der Waals surface area (Å²) < 4.78 is 35.4. The Morgan fingerprint density at radius 2 is 1.95 bits per heavy atom. The molecule has 3 aliphatic carbocycles. The molecule has 7 nitrogen and oxygen atoms in total. The van der Waals surface area contributed by atoms with Crippen molar-refractivity contribution in [3.63, 3.8) is 0 Å². The smallest absolute Gasteiger partial charge is 0.338 e. The van der Waals surface area contributed by atoms with E-state index < -0.39 is 58.5 Å². The second kappa shape index (κ2) is 9.96. The summed E-state index contributed by atoms with van der Waals surface area (Å²) in [6, 6.07) is 6.91. The monoisotopic (exact) mass is 568 g/mol. The highest BCUT2D eigenvalue weighted by atomic mass is 19.1.